The van der Waals surface area contributed by atoms with Crippen LogP contribution in [0.1, 0.15) is 11.1 Å². The number of methoxy groups -OCH3 is 1. The van der Waals surface area contributed by atoms with E-state index in [1.165, 1.54) is 7.11 Å². The summed E-state index contributed by atoms with van der Waals surface area (Å²) in [7, 11) is 1.39. The number of carbonyl (C=O) groups is 1. The van der Waals surface area contributed by atoms with Crippen LogP contribution in [0, 0.1) is 0 Å². The van der Waals surface area contributed by atoms with Gasteiger partial charge in [0.15, 0.2) is 0 Å². The van der Waals surface area contributed by atoms with Gasteiger partial charge in [0.2, 0.25) is 0 Å². The molecule has 0 aliphatic heterocycles. The first-order valence-corrected chi connectivity index (χ1v) is 6.81. The fourth-order valence-electron chi connectivity index (χ4n) is 2.50. The minimum Gasteiger partial charge on any atom is -0.468 e. The minimum absolute atomic E-state index is 0.175. The zero-order valence-corrected chi connectivity index (χ0v) is 12.1. The summed E-state index contributed by atoms with van der Waals surface area (Å²) in [5, 5.41) is 0. The molecule has 0 amide bonds. The maximum atomic E-state index is 12.4. The third kappa shape index (κ3) is 3.06. The van der Waals surface area contributed by atoms with E-state index >= 15 is 0 Å². The third-order valence-electron chi connectivity index (χ3n) is 3.74. The van der Waals surface area contributed by atoms with Gasteiger partial charge in [0.05, 0.1) is 7.11 Å². The summed E-state index contributed by atoms with van der Waals surface area (Å²) in [5.74, 6) is -0.326. The zero-order chi connectivity index (χ0) is 15.3. The predicted molar refractivity (Wildman–Crippen MR) is 83.7 cm³/mol. The fraction of sp³-hybridized carbons (Fsp3) is 0.235. The first-order chi connectivity index (χ1) is 10.1. The molecule has 2 aromatic rings. The largest absolute Gasteiger partial charge is 0.468 e. The Morgan fingerprint density at radius 2 is 1.71 bits per heavy atom. The lowest BCUT2D eigenvalue weighted by atomic mass is 9.75. The van der Waals surface area contributed by atoms with E-state index < -0.39 is 5.41 Å². The Hall–Kier alpha value is -2.33. The van der Waals surface area contributed by atoms with E-state index in [0.717, 1.165) is 11.1 Å². The molecule has 0 aliphatic rings. The summed E-state index contributed by atoms with van der Waals surface area (Å²) >= 11 is 0. The first-order valence-electron chi connectivity index (χ1n) is 6.81. The maximum Gasteiger partial charge on any atom is 0.317 e. The smallest absolute Gasteiger partial charge is 0.317 e. The molecule has 0 saturated heterocycles. The molecule has 0 aliphatic carbocycles. The van der Waals surface area contributed by atoms with E-state index in [0.29, 0.717) is 12.1 Å². The van der Waals surface area contributed by atoms with E-state index in [9.17, 15) is 4.79 Å². The Labute approximate surface area is 124 Å². The molecular formula is C17H20N2O2. The molecule has 0 saturated carbocycles. The van der Waals surface area contributed by atoms with Crippen LogP contribution in [-0.2, 0) is 21.4 Å². The zero-order valence-electron chi connectivity index (χ0n) is 12.1. The molecule has 1 atom stereocenters. The van der Waals surface area contributed by atoms with E-state index in [-0.39, 0.29) is 12.5 Å². The van der Waals surface area contributed by atoms with Crippen molar-refractivity contribution in [3.05, 3.63) is 65.7 Å². The summed E-state index contributed by atoms with van der Waals surface area (Å²) in [6.07, 6.45) is 0.473. The van der Waals surface area contributed by atoms with E-state index in [1.807, 2.05) is 54.6 Å². The van der Waals surface area contributed by atoms with E-state index in [1.54, 1.807) is 0 Å². The van der Waals surface area contributed by atoms with Crippen molar-refractivity contribution in [2.24, 2.45) is 5.73 Å². The maximum absolute atomic E-state index is 12.4. The number of anilines is 1. The number of rotatable bonds is 5. The van der Waals surface area contributed by atoms with Gasteiger partial charge in [-0.2, -0.15) is 0 Å². The van der Waals surface area contributed by atoms with Crippen molar-refractivity contribution in [2.45, 2.75) is 11.8 Å². The van der Waals surface area contributed by atoms with Crippen molar-refractivity contribution < 1.29 is 9.53 Å². The second-order valence-electron chi connectivity index (χ2n) is 5.06. The molecule has 4 N–H and O–H groups in total. The first kappa shape index (κ1) is 15.1. The van der Waals surface area contributed by atoms with Crippen molar-refractivity contribution in [3.8, 4) is 0 Å². The molecule has 2 aromatic carbocycles. The number of carbonyl (C=O) groups excluding carboxylic acids is 1. The summed E-state index contributed by atoms with van der Waals surface area (Å²) in [4.78, 5) is 12.4. The Balaban J connectivity index is 2.45. The molecule has 0 fully saturated rings. The van der Waals surface area contributed by atoms with Gasteiger partial charge >= 0.3 is 5.97 Å². The fourth-order valence-corrected chi connectivity index (χ4v) is 2.50. The van der Waals surface area contributed by atoms with Crippen molar-refractivity contribution in [1.29, 1.82) is 0 Å². The van der Waals surface area contributed by atoms with Crippen molar-refractivity contribution in [1.82, 2.24) is 0 Å². The van der Waals surface area contributed by atoms with Gasteiger partial charge in [-0.3, -0.25) is 4.79 Å². The van der Waals surface area contributed by atoms with Gasteiger partial charge in [-0.15, -0.1) is 0 Å². The van der Waals surface area contributed by atoms with Gasteiger partial charge in [0.1, 0.15) is 5.41 Å². The van der Waals surface area contributed by atoms with Crippen LogP contribution in [0.2, 0.25) is 0 Å². The molecule has 0 spiro atoms. The SMILES string of the molecule is COC(=O)C(CN)(Cc1ccc(N)cc1)c1ccccc1. The highest BCUT2D eigenvalue weighted by Gasteiger charge is 2.40. The molecule has 0 heterocycles. The normalized spacial score (nSPS) is 13.4. The number of ether oxygens (including phenoxy) is 1. The van der Waals surface area contributed by atoms with Crippen LogP contribution in [0.25, 0.3) is 0 Å². The number of esters is 1. The lowest BCUT2D eigenvalue weighted by Gasteiger charge is -2.30. The van der Waals surface area contributed by atoms with Crippen LogP contribution in [0.15, 0.2) is 54.6 Å². The minimum atomic E-state index is -0.883. The number of nitrogen functional groups attached to an aromatic ring is 1. The Kier molecular flexibility index (Phi) is 4.60. The predicted octanol–water partition coefficient (Wildman–Crippen LogP) is 1.88. The Bertz CT molecular complexity index is 596. The molecule has 4 nitrogen and oxygen atoms in total. The molecule has 110 valence electrons. The highest BCUT2D eigenvalue weighted by atomic mass is 16.5. The molecular weight excluding hydrogens is 264 g/mol. The highest BCUT2D eigenvalue weighted by Crippen LogP contribution is 2.29. The third-order valence-corrected chi connectivity index (χ3v) is 3.74. The topological polar surface area (TPSA) is 78.3 Å². The van der Waals surface area contributed by atoms with E-state index in [2.05, 4.69) is 0 Å². The van der Waals surface area contributed by atoms with Crippen molar-refractivity contribution in [3.63, 3.8) is 0 Å². The highest BCUT2D eigenvalue weighted by molar-refractivity contribution is 5.84. The van der Waals surface area contributed by atoms with Crippen LogP contribution < -0.4 is 11.5 Å². The van der Waals surface area contributed by atoms with Gasteiger partial charge < -0.3 is 16.2 Å². The molecule has 0 radical (unpaired) electrons. The van der Waals surface area contributed by atoms with Crippen LogP contribution >= 0.6 is 0 Å². The standard InChI is InChI=1S/C17H20N2O2/c1-21-16(20)17(12-18,14-5-3-2-4-6-14)11-13-7-9-15(19)10-8-13/h2-10H,11-12,18-19H2,1H3. The summed E-state index contributed by atoms with van der Waals surface area (Å²) in [6, 6.07) is 17.0. The molecule has 1 unspecified atom stereocenters. The van der Waals surface area contributed by atoms with Gasteiger partial charge in [-0.25, -0.2) is 0 Å². The molecule has 0 aromatic heterocycles. The van der Waals surface area contributed by atoms with E-state index in [4.69, 9.17) is 16.2 Å². The number of benzene rings is 2. The number of hydrogen-bond acceptors (Lipinski definition) is 4. The summed E-state index contributed by atoms with van der Waals surface area (Å²) in [6.45, 7) is 0.175. The van der Waals surface area contributed by atoms with Crippen LogP contribution in [0.3, 0.4) is 0 Å². The molecule has 4 heteroatoms. The molecule has 0 bridgehead atoms. The average molecular weight is 284 g/mol. The van der Waals surface area contributed by atoms with Gasteiger partial charge in [0.25, 0.3) is 0 Å². The van der Waals surface area contributed by atoms with Crippen LogP contribution in [0.4, 0.5) is 5.69 Å². The second kappa shape index (κ2) is 6.41. The Morgan fingerprint density at radius 1 is 1.10 bits per heavy atom. The van der Waals surface area contributed by atoms with Crippen LogP contribution in [0.5, 0.6) is 0 Å². The average Bonchev–Trinajstić information content (AvgIpc) is 2.54. The monoisotopic (exact) mass is 284 g/mol. The van der Waals surface area contributed by atoms with Crippen molar-refractivity contribution >= 4 is 11.7 Å². The molecule has 2 rings (SSSR count). The summed E-state index contributed by atoms with van der Waals surface area (Å²) < 4.78 is 5.01. The summed E-state index contributed by atoms with van der Waals surface area (Å²) in [5.41, 5.74) is 13.3. The van der Waals surface area contributed by atoms with Gasteiger partial charge in [0, 0.05) is 12.2 Å². The number of hydrogen-bond donors (Lipinski definition) is 2. The Morgan fingerprint density at radius 3 is 2.24 bits per heavy atom. The quantitative estimate of drug-likeness (QED) is 0.649. The number of nitrogens with two attached hydrogens (primary N) is 2. The van der Waals surface area contributed by atoms with Gasteiger partial charge in [-0.05, 0) is 29.7 Å². The van der Waals surface area contributed by atoms with Gasteiger partial charge in [-0.1, -0.05) is 42.5 Å². The lowest BCUT2D eigenvalue weighted by Crippen LogP contribution is -2.45. The lowest BCUT2D eigenvalue weighted by molar-refractivity contribution is -0.147. The van der Waals surface area contributed by atoms with Crippen LogP contribution in [-0.4, -0.2) is 19.6 Å². The molecule has 21 heavy (non-hydrogen) atoms. The second-order valence-corrected chi connectivity index (χ2v) is 5.06. The van der Waals surface area contributed by atoms with Crippen molar-refractivity contribution in [2.75, 3.05) is 19.4 Å².